The van der Waals surface area contributed by atoms with Gasteiger partial charge in [-0.15, -0.1) is 15.3 Å². The quantitative estimate of drug-likeness (QED) is 0.909. The Labute approximate surface area is 154 Å². The number of rotatable bonds is 3. The standard InChI is InChI=1S/C19H28N6O/c1-19(2)9-16(5-6-26-19)24-10-13-7-15(8-14(13)11-24)21-17-3-4-18-22-20-12-25(18)23-17/h3-4,12-16H,5-11H2,1-2H3,(H,21,23)/t13-,14+,15?,16?. The molecule has 2 aliphatic heterocycles. The number of anilines is 1. The minimum absolute atomic E-state index is 0.0389. The van der Waals surface area contributed by atoms with Gasteiger partial charge in [-0.2, -0.15) is 4.52 Å². The molecule has 140 valence electrons. The van der Waals surface area contributed by atoms with E-state index in [0.29, 0.717) is 12.1 Å². The predicted octanol–water partition coefficient (Wildman–Crippen LogP) is 2.20. The summed E-state index contributed by atoms with van der Waals surface area (Å²) in [5.41, 5.74) is 0.825. The first-order valence-electron chi connectivity index (χ1n) is 9.87. The Morgan fingerprint density at radius 2 is 2.00 bits per heavy atom. The van der Waals surface area contributed by atoms with Gasteiger partial charge in [0.05, 0.1) is 5.60 Å². The van der Waals surface area contributed by atoms with Gasteiger partial charge >= 0.3 is 0 Å². The van der Waals surface area contributed by atoms with Crippen molar-refractivity contribution in [3.05, 3.63) is 18.5 Å². The Morgan fingerprint density at radius 3 is 2.77 bits per heavy atom. The number of nitrogens with one attached hydrogen (secondary N) is 1. The molecule has 0 aromatic carbocycles. The third-order valence-electron chi connectivity index (χ3n) is 6.48. The minimum atomic E-state index is 0.0389. The zero-order valence-corrected chi connectivity index (χ0v) is 15.6. The third-order valence-corrected chi connectivity index (χ3v) is 6.48. The van der Waals surface area contributed by atoms with E-state index >= 15 is 0 Å². The van der Waals surface area contributed by atoms with Crippen LogP contribution in [0.4, 0.5) is 5.82 Å². The first kappa shape index (κ1) is 16.4. The smallest absolute Gasteiger partial charge is 0.177 e. The summed E-state index contributed by atoms with van der Waals surface area (Å²) < 4.78 is 7.63. The lowest BCUT2D eigenvalue weighted by atomic mass is 9.93. The Kier molecular flexibility index (Phi) is 3.90. The van der Waals surface area contributed by atoms with Crippen molar-refractivity contribution >= 4 is 11.5 Å². The second-order valence-electron chi connectivity index (χ2n) is 8.89. The molecule has 2 aromatic heterocycles. The molecule has 0 spiro atoms. The van der Waals surface area contributed by atoms with Crippen LogP contribution < -0.4 is 5.32 Å². The maximum atomic E-state index is 5.90. The van der Waals surface area contributed by atoms with E-state index in [1.165, 1.54) is 32.4 Å². The van der Waals surface area contributed by atoms with Crippen LogP contribution in [0.2, 0.25) is 0 Å². The van der Waals surface area contributed by atoms with Crippen molar-refractivity contribution in [2.24, 2.45) is 11.8 Å². The van der Waals surface area contributed by atoms with Gasteiger partial charge in [-0.3, -0.25) is 4.90 Å². The number of hydrogen-bond donors (Lipinski definition) is 1. The molecule has 2 aromatic rings. The summed E-state index contributed by atoms with van der Waals surface area (Å²) in [6, 6.07) is 5.20. The zero-order valence-electron chi connectivity index (χ0n) is 15.6. The number of fused-ring (bicyclic) bond motifs is 2. The van der Waals surface area contributed by atoms with E-state index in [9.17, 15) is 0 Å². The molecule has 1 N–H and O–H groups in total. The first-order valence-corrected chi connectivity index (χ1v) is 9.87. The Morgan fingerprint density at radius 1 is 1.19 bits per heavy atom. The van der Waals surface area contributed by atoms with Gasteiger partial charge < -0.3 is 10.1 Å². The zero-order chi connectivity index (χ0) is 17.7. The summed E-state index contributed by atoms with van der Waals surface area (Å²) >= 11 is 0. The highest BCUT2D eigenvalue weighted by Crippen LogP contribution is 2.41. The maximum Gasteiger partial charge on any atom is 0.177 e. The highest BCUT2D eigenvalue weighted by Gasteiger charge is 2.44. The summed E-state index contributed by atoms with van der Waals surface area (Å²) in [6.45, 7) is 7.87. The van der Waals surface area contributed by atoms with E-state index in [1.54, 1.807) is 10.8 Å². The molecule has 4 atom stereocenters. The number of nitrogens with zero attached hydrogens (tertiary/aromatic N) is 5. The SMILES string of the molecule is CC1(C)CC(N2C[C@H]3CC(Nc4ccc5nncn5n4)C[C@H]3C2)CCO1. The molecule has 7 nitrogen and oxygen atoms in total. The van der Waals surface area contributed by atoms with Crippen molar-refractivity contribution in [2.75, 3.05) is 25.0 Å². The summed E-state index contributed by atoms with van der Waals surface area (Å²) in [5.74, 6) is 2.56. The predicted molar refractivity (Wildman–Crippen MR) is 99.0 cm³/mol. The Bertz CT molecular complexity index is 775. The van der Waals surface area contributed by atoms with Gasteiger partial charge in [0.15, 0.2) is 5.65 Å². The van der Waals surface area contributed by atoms with Crippen LogP contribution in [0.5, 0.6) is 0 Å². The van der Waals surface area contributed by atoms with Gasteiger partial charge in [0.25, 0.3) is 0 Å². The van der Waals surface area contributed by atoms with Crippen LogP contribution in [-0.2, 0) is 4.74 Å². The molecule has 1 aliphatic carbocycles. The van der Waals surface area contributed by atoms with E-state index in [1.807, 2.05) is 12.1 Å². The number of hydrogen-bond acceptors (Lipinski definition) is 6. The lowest BCUT2D eigenvalue weighted by molar-refractivity contribution is -0.0811. The lowest BCUT2D eigenvalue weighted by Gasteiger charge is -2.40. The van der Waals surface area contributed by atoms with E-state index in [2.05, 4.69) is 39.4 Å². The monoisotopic (exact) mass is 356 g/mol. The topological polar surface area (TPSA) is 67.6 Å². The van der Waals surface area contributed by atoms with Crippen LogP contribution in [-0.4, -0.2) is 62.1 Å². The van der Waals surface area contributed by atoms with E-state index in [-0.39, 0.29) is 5.60 Å². The molecule has 5 rings (SSSR count). The molecule has 2 unspecified atom stereocenters. The molecule has 0 bridgehead atoms. The molecule has 3 fully saturated rings. The van der Waals surface area contributed by atoms with E-state index in [0.717, 1.165) is 36.3 Å². The molecule has 7 heteroatoms. The Hall–Kier alpha value is -1.73. The van der Waals surface area contributed by atoms with Crippen LogP contribution in [0, 0.1) is 11.8 Å². The van der Waals surface area contributed by atoms with Crippen LogP contribution in [0.25, 0.3) is 5.65 Å². The summed E-state index contributed by atoms with van der Waals surface area (Å²) in [7, 11) is 0. The minimum Gasteiger partial charge on any atom is -0.375 e. The molecule has 26 heavy (non-hydrogen) atoms. The number of ether oxygens (including phenoxy) is 1. The Balaban J connectivity index is 1.19. The van der Waals surface area contributed by atoms with Crippen molar-refractivity contribution in [3.8, 4) is 0 Å². The first-order chi connectivity index (χ1) is 12.6. The van der Waals surface area contributed by atoms with Gasteiger partial charge in [-0.25, -0.2) is 0 Å². The highest BCUT2D eigenvalue weighted by atomic mass is 16.5. The van der Waals surface area contributed by atoms with Gasteiger partial charge in [0.2, 0.25) is 0 Å². The molecular weight excluding hydrogens is 328 g/mol. The van der Waals surface area contributed by atoms with Gasteiger partial charge in [-0.1, -0.05) is 0 Å². The van der Waals surface area contributed by atoms with Crippen molar-refractivity contribution in [1.82, 2.24) is 24.7 Å². The van der Waals surface area contributed by atoms with E-state index < -0.39 is 0 Å². The van der Waals surface area contributed by atoms with Crippen LogP contribution >= 0.6 is 0 Å². The second-order valence-corrected chi connectivity index (χ2v) is 8.89. The van der Waals surface area contributed by atoms with Crippen molar-refractivity contribution in [3.63, 3.8) is 0 Å². The highest BCUT2D eigenvalue weighted by molar-refractivity contribution is 5.43. The maximum absolute atomic E-state index is 5.90. The third kappa shape index (κ3) is 3.07. The van der Waals surface area contributed by atoms with E-state index in [4.69, 9.17) is 4.74 Å². The van der Waals surface area contributed by atoms with Crippen LogP contribution in [0.1, 0.15) is 39.5 Å². The van der Waals surface area contributed by atoms with Crippen LogP contribution in [0.3, 0.4) is 0 Å². The average molecular weight is 356 g/mol. The fourth-order valence-corrected chi connectivity index (χ4v) is 5.28. The summed E-state index contributed by atoms with van der Waals surface area (Å²) in [5, 5.41) is 16.1. The fraction of sp³-hybridized carbons (Fsp3) is 0.737. The lowest BCUT2D eigenvalue weighted by Crippen LogP contribution is -2.45. The molecule has 4 heterocycles. The molecule has 2 saturated heterocycles. The normalized spacial score (nSPS) is 34.2. The molecule has 3 aliphatic rings. The number of aromatic nitrogens is 4. The van der Waals surface area contributed by atoms with Crippen molar-refractivity contribution in [2.45, 2.75) is 57.2 Å². The summed E-state index contributed by atoms with van der Waals surface area (Å²) in [6.07, 6.45) is 6.49. The molecular formula is C19H28N6O. The van der Waals surface area contributed by atoms with Crippen molar-refractivity contribution in [1.29, 1.82) is 0 Å². The van der Waals surface area contributed by atoms with Crippen LogP contribution in [0.15, 0.2) is 18.5 Å². The van der Waals surface area contributed by atoms with Crippen molar-refractivity contribution < 1.29 is 4.74 Å². The molecule has 0 radical (unpaired) electrons. The van der Waals surface area contributed by atoms with Gasteiger partial charge in [-0.05, 0) is 63.5 Å². The second kappa shape index (κ2) is 6.16. The van der Waals surface area contributed by atoms with Gasteiger partial charge in [0, 0.05) is 31.8 Å². The summed E-state index contributed by atoms with van der Waals surface area (Å²) in [4.78, 5) is 2.75. The molecule has 0 amide bonds. The van der Waals surface area contributed by atoms with Gasteiger partial charge in [0.1, 0.15) is 12.1 Å². The number of likely N-dealkylation sites (tertiary alicyclic amines) is 1. The largest absolute Gasteiger partial charge is 0.375 e. The fourth-order valence-electron chi connectivity index (χ4n) is 5.28. The molecule has 1 saturated carbocycles. The average Bonchev–Trinajstić information content (AvgIpc) is 3.27.